The Morgan fingerprint density at radius 1 is 0.867 bits per heavy atom. The largest absolute Gasteiger partial charge is 0.321 e. The topological polar surface area (TPSA) is 118 Å². The first kappa shape index (κ1) is 21.0. The first-order valence-electron chi connectivity index (χ1n) is 8.93. The molecule has 0 heterocycles. The Labute approximate surface area is 173 Å². The van der Waals surface area contributed by atoms with Crippen LogP contribution in [0.1, 0.15) is 21.5 Å². The fourth-order valence-electron chi connectivity index (χ4n) is 2.94. The Bertz CT molecular complexity index is 1220. The third-order valence-corrected chi connectivity index (χ3v) is 6.01. The van der Waals surface area contributed by atoms with Crippen LogP contribution in [0.4, 0.5) is 17.1 Å². The minimum absolute atomic E-state index is 0.103. The van der Waals surface area contributed by atoms with Crippen LogP contribution in [0, 0.1) is 24.0 Å². The van der Waals surface area contributed by atoms with Crippen molar-refractivity contribution in [1.29, 1.82) is 0 Å². The zero-order valence-corrected chi connectivity index (χ0v) is 17.1. The molecular weight excluding hydrogens is 406 g/mol. The first-order valence-corrected chi connectivity index (χ1v) is 10.4. The molecule has 0 spiro atoms. The molecule has 3 rings (SSSR count). The molecule has 0 aliphatic rings. The number of sulfonamides is 1. The Kier molecular flexibility index (Phi) is 5.84. The number of rotatable bonds is 6. The number of carbonyl (C=O) groups is 1. The van der Waals surface area contributed by atoms with E-state index in [-0.39, 0.29) is 21.8 Å². The van der Waals surface area contributed by atoms with Crippen LogP contribution < -0.4 is 10.0 Å². The van der Waals surface area contributed by atoms with Crippen molar-refractivity contribution in [2.75, 3.05) is 10.0 Å². The molecule has 0 atom stereocenters. The van der Waals surface area contributed by atoms with E-state index in [0.717, 1.165) is 0 Å². The van der Waals surface area contributed by atoms with Crippen molar-refractivity contribution in [2.45, 2.75) is 18.7 Å². The molecule has 0 fully saturated rings. The summed E-state index contributed by atoms with van der Waals surface area (Å²) in [5.74, 6) is -0.503. The minimum atomic E-state index is -3.82. The summed E-state index contributed by atoms with van der Waals surface area (Å²) in [4.78, 5) is 23.5. The zero-order chi connectivity index (χ0) is 21.9. The van der Waals surface area contributed by atoms with Gasteiger partial charge in [-0.05, 0) is 49.7 Å². The molecule has 0 radical (unpaired) electrons. The molecule has 0 bridgehead atoms. The maximum absolute atomic E-state index is 12.8. The van der Waals surface area contributed by atoms with E-state index in [9.17, 15) is 23.3 Å². The summed E-state index contributed by atoms with van der Waals surface area (Å²) in [6, 6.07) is 17.0. The molecule has 0 aliphatic carbocycles. The van der Waals surface area contributed by atoms with Crippen molar-refractivity contribution in [3.8, 4) is 0 Å². The second kappa shape index (κ2) is 8.34. The molecule has 0 aromatic heterocycles. The summed E-state index contributed by atoms with van der Waals surface area (Å²) in [6.45, 7) is 3.17. The zero-order valence-electron chi connectivity index (χ0n) is 16.2. The Morgan fingerprint density at radius 2 is 1.50 bits per heavy atom. The predicted molar refractivity (Wildman–Crippen MR) is 114 cm³/mol. The maximum atomic E-state index is 12.8. The maximum Gasteiger partial charge on any atom is 0.274 e. The molecule has 1 amide bonds. The lowest BCUT2D eigenvalue weighted by Gasteiger charge is -2.14. The molecule has 0 unspecified atom stereocenters. The van der Waals surface area contributed by atoms with Crippen LogP contribution in [0.2, 0.25) is 0 Å². The Hall–Kier alpha value is -3.72. The van der Waals surface area contributed by atoms with E-state index in [1.54, 1.807) is 56.3 Å². The first-order chi connectivity index (χ1) is 14.2. The van der Waals surface area contributed by atoms with Crippen LogP contribution in [-0.2, 0) is 10.0 Å². The second-order valence-electron chi connectivity index (χ2n) is 6.56. The van der Waals surface area contributed by atoms with Crippen LogP contribution in [0.25, 0.3) is 0 Å². The fourth-order valence-corrected chi connectivity index (χ4v) is 4.09. The van der Waals surface area contributed by atoms with Crippen LogP contribution in [-0.4, -0.2) is 19.2 Å². The average Bonchev–Trinajstić information content (AvgIpc) is 2.71. The molecule has 8 nitrogen and oxygen atoms in total. The third kappa shape index (κ3) is 4.31. The van der Waals surface area contributed by atoms with E-state index in [0.29, 0.717) is 16.8 Å². The monoisotopic (exact) mass is 425 g/mol. The lowest BCUT2D eigenvalue weighted by molar-refractivity contribution is -0.385. The number of benzene rings is 3. The molecule has 30 heavy (non-hydrogen) atoms. The van der Waals surface area contributed by atoms with Crippen molar-refractivity contribution in [3.05, 3.63) is 93.5 Å². The summed E-state index contributed by atoms with van der Waals surface area (Å²) in [5.41, 5.74) is 1.47. The number of nitrogens with zero attached hydrogens (tertiary/aromatic N) is 1. The van der Waals surface area contributed by atoms with Gasteiger partial charge >= 0.3 is 0 Å². The Morgan fingerprint density at radius 3 is 2.17 bits per heavy atom. The quantitative estimate of drug-likeness (QED) is 0.452. The molecule has 0 saturated heterocycles. The SMILES string of the molecule is Cc1c(NS(=O)(=O)c2ccccc2)cccc1C(=O)Nc1cccc([N+](=O)[O-])c1C. The molecule has 154 valence electrons. The van der Waals surface area contributed by atoms with Crippen LogP contribution in [0.3, 0.4) is 0 Å². The third-order valence-electron chi connectivity index (χ3n) is 4.63. The highest BCUT2D eigenvalue weighted by atomic mass is 32.2. The molecule has 3 aromatic carbocycles. The number of carbonyl (C=O) groups excluding carboxylic acids is 1. The van der Waals surface area contributed by atoms with Gasteiger partial charge in [0.05, 0.1) is 26.8 Å². The number of nitrogens with one attached hydrogen (secondary N) is 2. The molecule has 2 N–H and O–H groups in total. The van der Waals surface area contributed by atoms with E-state index in [2.05, 4.69) is 10.0 Å². The lowest BCUT2D eigenvalue weighted by Crippen LogP contribution is -2.17. The van der Waals surface area contributed by atoms with Crippen molar-refractivity contribution in [1.82, 2.24) is 0 Å². The summed E-state index contributed by atoms with van der Waals surface area (Å²) in [6.07, 6.45) is 0. The highest BCUT2D eigenvalue weighted by molar-refractivity contribution is 7.92. The van der Waals surface area contributed by atoms with E-state index < -0.39 is 20.9 Å². The molecule has 0 aliphatic heterocycles. The number of nitro benzene ring substituents is 1. The lowest BCUT2D eigenvalue weighted by atomic mass is 10.1. The van der Waals surface area contributed by atoms with Gasteiger partial charge in [-0.2, -0.15) is 0 Å². The molecule has 9 heteroatoms. The predicted octanol–water partition coefficient (Wildman–Crippen LogP) is 4.26. The van der Waals surface area contributed by atoms with E-state index in [4.69, 9.17) is 0 Å². The Balaban J connectivity index is 1.89. The summed E-state index contributed by atoms with van der Waals surface area (Å²) >= 11 is 0. The minimum Gasteiger partial charge on any atom is -0.321 e. The van der Waals surface area contributed by atoms with Gasteiger partial charge in [-0.3, -0.25) is 19.6 Å². The number of anilines is 2. The van der Waals surface area contributed by atoms with Gasteiger partial charge in [-0.25, -0.2) is 8.42 Å². The van der Waals surface area contributed by atoms with Crippen molar-refractivity contribution in [3.63, 3.8) is 0 Å². The summed E-state index contributed by atoms with van der Waals surface area (Å²) in [7, 11) is -3.82. The van der Waals surface area contributed by atoms with Gasteiger partial charge in [-0.1, -0.05) is 30.3 Å². The standard InChI is InChI=1S/C21H19N3O5S/c1-14-17(21(25)22-18-11-7-13-20(15(18)2)24(26)27)10-6-12-19(14)23-30(28,29)16-8-4-3-5-9-16/h3-13,23H,1-2H3,(H,22,25). The average molecular weight is 425 g/mol. The summed E-state index contributed by atoms with van der Waals surface area (Å²) < 4.78 is 27.7. The van der Waals surface area contributed by atoms with E-state index in [1.807, 2.05) is 0 Å². The van der Waals surface area contributed by atoms with Crippen LogP contribution >= 0.6 is 0 Å². The molecule has 0 saturated carbocycles. The van der Waals surface area contributed by atoms with Gasteiger partial charge in [0.15, 0.2) is 0 Å². The number of hydrogen-bond donors (Lipinski definition) is 2. The normalized spacial score (nSPS) is 11.0. The number of nitro groups is 1. The highest BCUT2D eigenvalue weighted by Gasteiger charge is 2.19. The fraction of sp³-hybridized carbons (Fsp3) is 0.0952. The smallest absolute Gasteiger partial charge is 0.274 e. The van der Waals surface area contributed by atoms with E-state index in [1.165, 1.54) is 24.3 Å². The van der Waals surface area contributed by atoms with Gasteiger partial charge in [0.2, 0.25) is 0 Å². The van der Waals surface area contributed by atoms with Gasteiger partial charge in [-0.15, -0.1) is 0 Å². The van der Waals surface area contributed by atoms with Crippen molar-refractivity contribution in [2.24, 2.45) is 0 Å². The molecular formula is C21H19N3O5S. The summed E-state index contributed by atoms with van der Waals surface area (Å²) in [5, 5.41) is 13.8. The van der Waals surface area contributed by atoms with Gasteiger partial charge in [0, 0.05) is 11.6 Å². The second-order valence-corrected chi connectivity index (χ2v) is 8.24. The highest BCUT2D eigenvalue weighted by Crippen LogP contribution is 2.27. The van der Waals surface area contributed by atoms with Gasteiger partial charge < -0.3 is 5.32 Å². The van der Waals surface area contributed by atoms with Crippen LogP contribution in [0.15, 0.2) is 71.6 Å². The molecule has 3 aromatic rings. The van der Waals surface area contributed by atoms with Crippen LogP contribution in [0.5, 0.6) is 0 Å². The van der Waals surface area contributed by atoms with E-state index >= 15 is 0 Å². The van der Waals surface area contributed by atoms with Crippen molar-refractivity contribution < 1.29 is 18.1 Å². The van der Waals surface area contributed by atoms with Gasteiger partial charge in [0.25, 0.3) is 21.6 Å². The number of hydrogen-bond acceptors (Lipinski definition) is 5. The number of amides is 1. The van der Waals surface area contributed by atoms with Gasteiger partial charge in [0.1, 0.15) is 0 Å². The van der Waals surface area contributed by atoms with Crippen molar-refractivity contribution >= 4 is 33.0 Å².